The number of rotatable bonds is 6. The van der Waals surface area contributed by atoms with Crippen LogP contribution in [-0.2, 0) is 33.5 Å². The van der Waals surface area contributed by atoms with Crippen LogP contribution < -0.4 is 0 Å². The average Bonchev–Trinajstić information content (AvgIpc) is 3.50. The Kier molecular flexibility index (Phi) is 8.25. The van der Waals surface area contributed by atoms with E-state index < -0.39 is 35.5 Å². The monoisotopic (exact) mass is 574 g/mol. The highest BCUT2D eigenvalue weighted by atomic mass is 32.1. The number of benzene rings is 1. The van der Waals surface area contributed by atoms with E-state index in [1.54, 1.807) is 58.0 Å². The van der Waals surface area contributed by atoms with Crippen LogP contribution in [0.15, 0.2) is 36.5 Å². The largest absolute Gasteiger partial charge is 0.466 e. The van der Waals surface area contributed by atoms with Crippen molar-refractivity contribution in [3.05, 3.63) is 63.1 Å². The van der Waals surface area contributed by atoms with E-state index in [4.69, 9.17) is 9.47 Å². The van der Waals surface area contributed by atoms with Crippen molar-refractivity contribution >= 4 is 23.4 Å². The van der Waals surface area contributed by atoms with Gasteiger partial charge in [0.15, 0.2) is 5.69 Å². The van der Waals surface area contributed by atoms with Gasteiger partial charge in [-0.25, -0.2) is 4.79 Å². The first-order valence-electron chi connectivity index (χ1n) is 12.7. The minimum absolute atomic E-state index is 0.0832. The predicted molar refractivity (Wildman–Crippen MR) is 141 cm³/mol. The number of aromatic nitrogens is 2. The molecule has 1 amide bonds. The number of thiophene rings is 1. The number of halogens is 3. The number of nitrogens with zero attached hydrogens (tertiary/aromatic N) is 4. The molecule has 1 aromatic carbocycles. The smallest absolute Gasteiger partial charge is 0.435 e. The Morgan fingerprint density at radius 3 is 2.55 bits per heavy atom. The summed E-state index contributed by atoms with van der Waals surface area (Å²) in [6.45, 7) is 7.38. The maximum Gasteiger partial charge on any atom is 0.435 e. The molecule has 0 spiro atoms. The summed E-state index contributed by atoms with van der Waals surface area (Å²) in [7, 11) is 0. The molecule has 0 bridgehead atoms. The Bertz CT molecular complexity index is 1450. The van der Waals surface area contributed by atoms with Crippen LogP contribution in [0.2, 0.25) is 0 Å². The van der Waals surface area contributed by atoms with Crippen molar-refractivity contribution < 1.29 is 32.2 Å². The molecule has 12 heteroatoms. The molecule has 3 heterocycles. The standard InChI is InChI=1S/C28H29F3N4O4S/c1-5-38-24(36)10-11-35-15-22(25(33-35)28(29,30)31)19-9-7-6-8-18(19)21-14-34(26(37)39-27(2,3)4)16-23-20(21)12-17(13-32)40-23/h6-9,12,15,21H,5,10-11,14,16H2,1-4H3/t21-/m0/s1. The second kappa shape index (κ2) is 11.3. The molecule has 1 atom stereocenters. The lowest BCUT2D eigenvalue weighted by Crippen LogP contribution is -2.41. The van der Waals surface area contributed by atoms with Crippen LogP contribution in [0.1, 0.15) is 66.6 Å². The van der Waals surface area contributed by atoms with E-state index in [0.29, 0.717) is 16.0 Å². The number of hydrogen-bond acceptors (Lipinski definition) is 7. The number of hydrogen-bond donors (Lipinski definition) is 0. The average molecular weight is 575 g/mol. The van der Waals surface area contributed by atoms with Gasteiger partial charge >= 0.3 is 18.2 Å². The highest BCUT2D eigenvalue weighted by Gasteiger charge is 2.40. The number of esters is 1. The number of ether oxygens (including phenoxy) is 2. The summed E-state index contributed by atoms with van der Waals surface area (Å²) >= 11 is 1.25. The van der Waals surface area contributed by atoms with Crippen LogP contribution in [0.25, 0.3) is 11.1 Å². The van der Waals surface area contributed by atoms with Gasteiger partial charge in [-0.3, -0.25) is 9.48 Å². The lowest BCUT2D eigenvalue weighted by molar-refractivity contribution is -0.143. The fraction of sp³-hybridized carbons (Fsp3) is 0.429. The molecule has 0 unspecified atom stereocenters. The van der Waals surface area contributed by atoms with Crippen molar-refractivity contribution in [3.8, 4) is 17.2 Å². The molecule has 0 fully saturated rings. The number of carbonyl (C=O) groups is 2. The van der Waals surface area contributed by atoms with Gasteiger partial charge in [0.2, 0.25) is 0 Å². The molecule has 3 aromatic rings. The lowest BCUT2D eigenvalue weighted by atomic mass is 9.84. The molecule has 0 radical (unpaired) electrons. The van der Waals surface area contributed by atoms with Gasteiger partial charge in [-0.2, -0.15) is 23.5 Å². The highest BCUT2D eigenvalue weighted by Crippen LogP contribution is 2.44. The van der Waals surface area contributed by atoms with Gasteiger partial charge in [-0.1, -0.05) is 24.3 Å². The maximum absolute atomic E-state index is 14.2. The molecule has 212 valence electrons. The normalized spacial score (nSPS) is 15.3. The number of aryl methyl sites for hydroxylation is 1. The molecular weight excluding hydrogens is 545 g/mol. The van der Waals surface area contributed by atoms with E-state index >= 15 is 0 Å². The van der Waals surface area contributed by atoms with Gasteiger partial charge in [-0.15, -0.1) is 11.3 Å². The lowest BCUT2D eigenvalue weighted by Gasteiger charge is -2.35. The summed E-state index contributed by atoms with van der Waals surface area (Å²) < 4.78 is 54.1. The fourth-order valence-electron chi connectivity index (χ4n) is 4.63. The van der Waals surface area contributed by atoms with Gasteiger partial charge in [0, 0.05) is 29.1 Å². The number of alkyl halides is 3. The van der Waals surface area contributed by atoms with Crippen LogP contribution in [0.4, 0.5) is 18.0 Å². The predicted octanol–water partition coefficient (Wildman–Crippen LogP) is 6.34. The Balaban J connectivity index is 1.79. The molecule has 0 N–H and O–H groups in total. The molecule has 2 aromatic heterocycles. The van der Waals surface area contributed by atoms with Crippen molar-refractivity contribution in [1.29, 1.82) is 5.26 Å². The summed E-state index contributed by atoms with van der Waals surface area (Å²) in [5, 5.41) is 13.3. The number of carbonyl (C=O) groups excluding carboxylic acids is 2. The van der Waals surface area contributed by atoms with E-state index in [9.17, 15) is 28.0 Å². The molecule has 8 nitrogen and oxygen atoms in total. The summed E-state index contributed by atoms with van der Waals surface area (Å²) in [5.41, 5.74) is -0.321. The van der Waals surface area contributed by atoms with Crippen molar-refractivity contribution in [2.24, 2.45) is 0 Å². The highest BCUT2D eigenvalue weighted by molar-refractivity contribution is 7.12. The summed E-state index contributed by atoms with van der Waals surface area (Å²) in [5.74, 6) is -1.05. The van der Waals surface area contributed by atoms with E-state index in [-0.39, 0.29) is 38.2 Å². The zero-order valence-corrected chi connectivity index (χ0v) is 23.4. The number of fused-ring (bicyclic) bond motifs is 1. The molecule has 0 saturated carbocycles. The third kappa shape index (κ3) is 6.47. The van der Waals surface area contributed by atoms with Gasteiger partial charge in [0.25, 0.3) is 0 Å². The van der Waals surface area contributed by atoms with Gasteiger partial charge < -0.3 is 14.4 Å². The first-order chi connectivity index (χ1) is 18.8. The van der Waals surface area contributed by atoms with E-state index in [1.807, 2.05) is 0 Å². The van der Waals surface area contributed by atoms with Crippen LogP contribution in [-0.4, -0.2) is 45.5 Å². The van der Waals surface area contributed by atoms with Gasteiger partial charge in [-0.05, 0) is 50.5 Å². The number of nitriles is 1. The Labute approximate surface area is 233 Å². The minimum Gasteiger partial charge on any atom is -0.466 e. The summed E-state index contributed by atoms with van der Waals surface area (Å²) in [4.78, 5) is 27.6. The van der Waals surface area contributed by atoms with Crippen LogP contribution in [0.5, 0.6) is 0 Å². The molecule has 1 aliphatic heterocycles. The Hall–Kier alpha value is -3.85. The van der Waals surface area contributed by atoms with Crippen molar-refractivity contribution in [2.45, 2.75) is 64.9 Å². The summed E-state index contributed by atoms with van der Waals surface area (Å²) in [6, 6.07) is 10.5. The van der Waals surface area contributed by atoms with E-state index in [1.165, 1.54) is 22.4 Å². The van der Waals surface area contributed by atoms with Gasteiger partial charge in [0.05, 0.1) is 26.1 Å². The van der Waals surface area contributed by atoms with Crippen LogP contribution >= 0.6 is 11.3 Å². The number of amides is 1. The third-order valence-electron chi connectivity index (χ3n) is 6.22. The molecule has 0 saturated heterocycles. The van der Waals surface area contributed by atoms with Crippen molar-refractivity contribution in [2.75, 3.05) is 13.2 Å². The zero-order chi connectivity index (χ0) is 29.2. The van der Waals surface area contributed by atoms with Gasteiger partial charge in [0.1, 0.15) is 16.5 Å². The van der Waals surface area contributed by atoms with E-state index in [2.05, 4.69) is 11.2 Å². The topological polar surface area (TPSA) is 97.5 Å². The zero-order valence-electron chi connectivity index (χ0n) is 22.5. The minimum atomic E-state index is -4.76. The van der Waals surface area contributed by atoms with Crippen LogP contribution in [0.3, 0.4) is 0 Å². The Morgan fingerprint density at radius 1 is 1.18 bits per heavy atom. The summed E-state index contributed by atoms with van der Waals surface area (Å²) in [6.07, 6.45) is -4.15. The molecular formula is C28H29F3N4O4S. The first-order valence-corrected chi connectivity index (χ1v) is 13.5. The second-order valence-corrected chi connectivity index (χ2v) is 11.4. The molecule has 40 heavy (non-hydrogen) atoms. The molecule has 0 aliphatic carbocycles. The van der Waals surface area contributed by atoms with Crippen molar-refractivity contribution in [1.82, 2.24) is 14.7 Å². The van der Waals surface area contributed by atoms with Crippen LogP contribution in [0, 0.1) is 11.3 Å². The first kappa shape index (κ1) is 29.1. The second-order valence-electron chi connectivity index (χ2n) is 10.3. The molecule has 1 aliphatic rings. The molecule has 4 rings (SSSR count). The van der Waals surface area contributed by atoms with E-state index in [0.717, 1.165) is 15.1 Å². The quantitative estimate of drug-likeness (QED) is 0.319. The van der Waals surface area contributed by atoms with Crippen molar-refractivity contribution in [3.63, 3.8) is 0 Å². The SMILES string of the molecule is CCOC(=O)CCn1cc(-c2ccccc2[C@@H]2CN(C(=O)OC(C)(C)C)Cc3sc(C#N)cc32)c(C(F)(F)F)n1. The fourth-order valence-corrected chi connectivity index (χ4v) is 5.67. The Morgan fingerprint density at radius 2 is 1.90 bits per heavy atom. The maximum atomic E-state index is 14.2. The third-order valence-corrected chi connectivity index (χ3v) is 7.26.